The van der Waals surface area contributed by atoms with Gasteiger partial charge in [0.25, 0.3) is 0 Å². The second-order valence-corrected chi connectivity index (χ2v) is 7.26. The summed E-state index contributed by atoms with van der Waals surface area (Å²) in [7, 11) is 0. The largest absolute Gasteiger partial charge is 0.457 e. The molecule has 0 amide bonds. The summed E-state index contributed by atoms with van der Waals surface area (Å²) >= 11 is 0. The van der Waals surface area contributed by atoms with E-state index in [2.05, 4.69) is 31.7 Å². The van der Waals surface area contributed by atoms with Crippen LogP contribution < -0.4 is 0 Å². The molecule has 0 unspecified atom stereocenters. The van der Waals surface area contributed by atoms with Crippen molar-refractivity contribution in [2.24, 2.45) is 5.41 Å². The van der Waals surface area contributed by atoms with Gasteiger partial charge in [0, 0.05) is 5.41 Å². The lowest BCUT2D eigenvalue weighted by Crippen LogP contribution is -2.39. The van der Waals surface area contributed by atoms with E-state index < -0.39 is 5.60 Å². The number of esters is 1. The average Bonchev–Trinajstić information content (AvgIpc) is 2.93. The Hall–Kier alpha value is -1.61. The molecule has 1 aliphatic heterocycles. The van der Waals surface area contributed by atoms with Crippen molar-refractivity contribution in [1.82, 2.24) is 0 Å². The van der Waals surface area contributed by atoms with Gasteiger partial charge >= 0.3 is 5.97 Å². The summed E-state index contributed by atoms with van der Waals surface area (Å²) in [5.74, 6) is -0.0219. The standard InChI is InChI=1S/C18H18O3/c1-9-4-3-5-11-12-6-7-17(20)8-18(12)14(13(9)11)16(19)21-15(18)10(17)2/h3-5,12,14-15,20H,2,6-8H2,1H3/t12-,14-,15+,17+,18-/m1/s1. The molecular formula is C18H18O3. The predicted molar refractivity (Wildman–Crippen MR) is 76.9 cm³/mol. The highest BCUT2D eigenvalue weighted by molar-refractivity contribution is 5.87. The van der Waals surface area contributed by atoms with Crippen LogP contribution in [0.15, 0.2) is 30.4 Å². The van der Waals surface area contributed by atoms with Crippen molar-refractivity contribution in [2.45, 2.75) is 49.7 Å². The Morgan fingerprint density at radius 2 is 2.24 bits per heavy atom. The topological polar surface area (TPSA) is 46.5 Å². The van der Waals surface area contributed by atoms with Crippen LogP contribution in [0.25, 0.3) is 0 Å². The lowest BCUT2D eigenvalue weighted by atomic mass is 9.63. The Morgan fingerprint density at radius 1 is 1.43 bits per heavy atom. The molecule has 1 aromatic rings. The highest BCUT2D eigenvalue weighted by atomic mass is 16.6. The Morgan fingerprint density at radius 3 is 3.05 bits per heavy atom. The van der Waals surface area contributed by atoms with E-state index in [1.54, 1.807) is 0 Å². The quantitative estimate of drug-likeness (QED) is 0.587. The lowest BCUT2D eigenvalue weighted by molar-refractivity contribution is -0.141. The Bertz CT molecular complexity index is 721. The van der Waals surface area contributed by atoms with Gasteiger partial charge in [-0.2, -0.15) is 0 Å². The number of hydrogen-bond donors (Lipinski definition) is 1. The summed E-state index contributed by atoms with van der Waals surface area (Å²) in [6, 6.07) is 6.32. The number of rotatable bonds is 0. The van der Waals surface area contributed by atoms with Gasteiger partial charge in [-0.25, -0.2) is 0 Å². The highest BCUT2D eigenvalue weighted by Gasteiger charge is 2.75. The molecule has 1 aromatic carbocycles. The monoisotopic (exact) mass is 282 g/mol. The van der Waals surface area contributed by atoms with Crippen LogP contribution in [0, 0.1) is 12.3 Å². The van der Waals surface area contributed by atoms with Crippen LogP contribution in [0.3, 0.4) is 0 Å². The predicted octanol–water partition coefficient (Wildman–Crippen LogP) is 2.57. The number of hydrogen-bond acceptors (Lipinski definition) is 3. The molecule has 2 saturated carbocycles. The van der Waals surface area contributed by atoms with E-state index in [-0.39, 0.29) is 23.4 Å². The molecule has 3 aliphatic carbocycles. The second kappa shape index (κ2) is 3.25. The van der Waals surface area contributed by atoms with Crippen molar-refractivity contribution in [2.75, 3.05) is 0 Å². The number of aryl methyl sites for hydroxylation is 1. The van der Waals surface area contributed by atoms with Crippen molar-refractivity contribution >= 4 is 5.97 Å². The van der Waals surface area contributed by atoms with Crippen LogP contribution in [-0.2, 0) is 9.53 Å². The van der Waals surface area contributed by atoms with Crippen LogP contribution in [0.2, 0.25) is 0 Å². The van der Waals surface area contributed by atoms with Gasteiger partial charge in [-0.1, -0.05) is 24.8 Å². The van der Waals surface area contributed by atoms with Crippen LogP contribution >= 0.6 is 0 Å². The minimum absolute atomic E-state index is 0.122. The Labute approximate surface area is 123 Å². The third-order valence-corrected chi connectivity index (χ3v) is 6.53. The van der Waals surface area contributed by atoms with E-state index in [1.165, 1.54) is 11.1 Å². The van der Waals surface area contributed by atoms with E-state index in [0.717, 1.165) is 24.0 Å². The molecule has 5 atom stereocenters. The van der Waals surface area contributed by atoms with Crippen molar-refractivity contribution < 1.29 is 14.6 Å². The van der Waals surface area contributed by atoms with Gasteiger partial charge < -0.3 is 9.84 Å². The zero-order chi connectivity index (χ0) is 14.6. The van der Waals surface area contributed by atoms with Gasteiger partial charge in [0.2, 0.25) is 0 Å². The van der Waals surface area contributed by atoms with Gasteiger partial charge in [0.15, 0.2) is 0 Å². The zero-order valence-corrected chi connectivity index (χ0v) is 12.1. The zero-order valence-electron chi connectivity index (χ0n) is 12.1. The smallest absolute Gasteiger partial charge is 0.314 e. The third-order valence-electron chi connectivity index (χ3n) is 6.53. The summed E-state index contributed by atoms with van der Waals surface area (Å²) in [5, 5.41) is 10.9. The van der Waals surface area contributed by atoms with Gasteiger partial charge in [0.1, 0.15) is 6.10 Å². The van der Waals surface area contributed by atoms with E-state index in [9.17, 15) is 9.90 Å². The molecule has 1 heterocycles. The van der Waals surface area contributed by atoms with Gasteiger partial charge in [-0.3, -0.25) is 4.79 Å². The van der Waals surface area contributed by atoms with Crippen LogP contribution in [-0.4, -0.2) is 22.8 Å². The molecular weight excluding hydrogens is 264 g/mol. The SMILES string of the molecule is C=C1[C@@H]2OC(=O)[C@H]3c4c(C)cccc4[C@H]4CC[C@]1(O)C[C@]423. The number of ether oxygens (including phenoxy) is 1. The molecule has 3 nitrogen and oxygen atoms in total. The normalized spacial score (nSPS) is 45.5. The van der Waals surface area contributed by atoms with Gasteiger partial charge in [-0.05, 0) is 54.4 Å². The first-order valence-corrected chi connectivity index (χ1v) is 7.70. The lowest BCUT2D eigenvalue weighted by Gasteiger charge is -2.39. The third kappa shape index (κ3) is 1.06. The number of fused-ring (bicyclic) bond motifs is 4. The molecule has 3 fully saturated rings. The van der Waals surface area contributed by atoms with Crippen molar-refractivity contribution in [3.8, 4) is 0 Å². The Balaban J connectivity index is 1.84. The summed E-state index contributed by atoms with van der Waals surface area (Å²) in [4.78, 5) is 12.6. The van der Waals surface area contributed by atoms with Gasteiger partial charge in [0.05, 0.1) is 11.5 Å². The maximum Gasteiger partial charge on any atom is 0.314 e. The summed E-state index contributed by atoms with van der Waals surface area (Å²) in [6.07, 6.45) is 1.96. The van der Waals surface area contributed by atoms with E-state index in [1.807, 2.05) is 0 Å². The van der Waals surface area contributed by atoms with Crippen molar-refractivity contribution in [3.05, 3.63) is 47.0 Å². The fourth-order valence-corrected chi connectivity index (χ4v) is 5.76. The maximum atomic E-state index is 12.6. The van der Waals surface area contributed by atoms with Crippen LogP contribution in [0.5, 0.6) is 0 Å². The molecule has 1 saturated heterocycles. The van der Waals surface area contributed by atoms with E-state index in [4.69, 9.17) is 4.74 Å². The molecule has 0 radical (unpaired) electrons. The first-order chi connectivity index (χ1) is 9.99. The molecule has 1 N–H and O–H groups in total. The number of benzene rings is 1. The molecule has 1 spiro atoms. The highest BCUT2D eigenvalue weighted by Crippen LogP contribution is 2.74. The second-order valence-electron chi connectivity index (χ2n) is 7.26. The minimum Gasteiger partial charge on any atom is -0.457 e. The summed E-state index contributed by atoms with van der Waals surface area (Å²) in [6.45, 7) is 6.17. The molecule has 108 valence electrons. The molecule has 4 aliphatic rings. The molecule has 21 heavy (non-hydrogen) atoms. The first kappa shape index (κ1) is 12.0. The molecule has 5 rings (SSSR count). The summed E-state index contributed by atoms with van der Waals surface area (Å²) < 4.78 is 5.71. The Kier molecular flexibility index (Phi) is 1.85. The van der Waals surface area contributed by atoms with Crippen LogP contribution in [0.1, 0.15) is 47.8 Å². The number of carbonyl (C=O) groups excluding carboxylic acids is 1. The molecule has 0 aromatic heterocycles. The molecule has 3 heteroatoms. The van der Waals surface area contributed by atoms with Crippen LogP contribution in [0.4, 0.5) is 0 Å². The molecule has 2 bridgehead atoms. The fraction of sp³-hybridized carbons (Fsp3) is 0.500. The first-order valence-electron chi connectivity index (χ1n) is 7.70. The van der Waals surface area contributed by atoms with E-state index >= 15 is 0 Å². The minimum atomic E-state index is -0.837. The van der Waals surface area contributed by atoms with Crippen molar-refractivity contribution in [1.29, 1.82) is 0 Å². The maximum absolute atomic E-state index is 12.6. The number of aliphatic hydroxyl groups is 1. The number of carbonyl (C=O) groups is 1. The summed E-state index contributed by atoms with van der Waals surface area (Å²) in [5.41, 5.74) is 3.24. The van der Waals surface area contributed by atoms with Crippen molar-refractivity contribution in [3.63, 3.8) is 0 Å². The average molecular weight is 282 g/mol. The fourth-order valence-electron chi connectivity index (χ4n) is 5.76. The van der Waals surface area contributed by atoms with E-state index in [0.29, 0.717) is 12.3 Å². The van der Waals surface area contributed by atoms with Gasteiger partial charge in [-0.15, -0.1) is 0 Å².